The highest BCUT2D eigenvalue weighted by atomic mass is 127. The molecule has 0 bridgehead atoms. The van der Waals surface area contributed by atoms with E-state index < -0.39 is 0 Å². The molecule has 0 radical (unpaired) electrons. The van der Waals surface area contributed by atoms with E-state index in [1.165, 1.54) is 6.07 Å². The van der Waals surface area contributed by atoms with Crippen molar-refractivity contribution in [3.05, 3.63) is 58.1 Å². The molecule has 0 atom stereocenters. The third-order valence-corrected chi connectivity index (χ3v) is 3.88. The predicted octanol–water partition coefficient (Wildman–Crippen LogP) is 3.75. The normalized spacial score (nSPS) is 11.1. The molecule has 0 aliphatic carbocycles. The number of halogens is 3. The maximum Gasteiger partial charge on any atom is 0.194 e. The largest absolute Gasteiger partial charge is 0.352 e. The first-order valence-electron chi connectivity index (χ1n) is 6.97. The Bertz CT molecular complexity index is 672. The van der Waals surface area contributed by atoms with Gasteiger partial charge in [-0.2, -0.15) is 0 Å². The first-order valence-corrected chi connectivity index (χ1v) is 7.76. The molecule has 0 saturated carbocycles. The lowest BCUT2D eigenvalue weighted by Crippen LogP contribution is -2.38. The van der Waals surface area contributed by atoms with Crippen LogP contribution in [0.3, 0.4) is 0 Å². The number of nitrogens with one attached hydrogen (secondary N) is 1. The highest BCUT2D eigenvalue weighted by Crippen LogP contribution is 2.15. The van der Waals surface area contributed by atoms with Crippen LogP contribution in [0.5, 0.6) is 0 Å². The summed E-state index contributed by atoms with van der Waals surface area (Å²) in [5.74, 6) is 0.514. The Hall–Kier alpha value is -1.09. The van der Waals surface area contributed by atoms with Crippen LogP contribution in [0.15, 0.2) is 46.0 Å². The number of hydrogen-bond donors (Lipinski definition) is 1. The van der Waals surface area contributed by atoms with E-state index in [2.05, 4.69) is 36.9 Å². The second kappa shape index (κ2) is 9.27. The molecule has 23 heavy (non-hydrogen) atoms. The van der Waals surface area contributed by atoms with Crippen LogP contribution in [-0.4, -0.2) is 29.5 Å². The summed E-state index contributed by atoms with van der Waals surface area (Å²) < 4.78 is 16.8. The van der Waals surface area contributed by atoms with Crippen molar-refractivity contribution in [2.24, 2.45) is 12.0 Å². The Morgan fingerprint density at radius 1 is 1.39 bits per heavy atom. The maximum atomic E-state index is 13.6. The molecule has 1 N–H and O–H groups in total. The monoisotopic (exact) mass is 494 g/mol. The fourth-order valence-corrected chi connectivity index (χ4v) is 2.81. The smallest absolute Gasteiger partial charge is 0.194 e. The summed E-state index contributed by atoms with van der Waals surface area (Å²) >= 11 is 3.47. The number of guanidine groups is 1. The van der Waals surface area contributed by atoms with Crippen molar-refractivity contribution >= 4 is 45.9 Å². The third-order valence-electron chi connectivity index (χ3n) is 3.44. The molecule has 0 aliphatic heterocycles. The van der Waals surface area contributed by atoms with E-state index in [0.717, 1.165) is 16.1 Å². The Labute approximate surface area is 161 Å². The van der Waals surface area contributed by atoms with E-state index in [1.807, 2.05) is 31.3 Å². The fraction of sp³-hybridized carbons (Fsp3) is 0.312. The molecule has 2 rings (SSSR count). The molecule has 0 aliphatic rings. The molecule has 0 fully saturated rings. The number of aliphatic imine (C=N–C) groups is 1. The van der Waals surface area contributed by atoms with E-state index in [9.17, 15) is 4.39 Å². The molecule has 1 heterocycles. The van der Waals surface area contributed by atoms with Gasteiger partial charge in [0.25, 0.3) is 0 Å². The summed E-state index contributed by atoms with van der Waals surface area (Å²) in [6.45, 7) is 1.11. The lowest BCUT2D eigenvalue weighted by molar-refractivity contribution is 0.460. The quantitative estimate of drug-likeness (QED) is 0.399. The van der Waals surface area contributed by atoms with Gasteiger partial charge in [-0.15, -0.1) is 24.0 Å². The summed E-state index contributed by atoms with van der Waals surface area (Å²) in [6.07, 6.45) is 2.01. The van der Waals surface area contributed by atoms with E-state index >= 15 is 0 Å². The molecule has 4 nitrogen and oxygen atoms in total. The minimum atomic E-state index is -0.209. The van der Waals surface area contributed by atoms with Crippen LogP contribution in [0.2, 0.25) is 0 Å². The van der Waals surface area contributed by atoms with Gasteiger partial charge in [-0.05, 0) is 28.1 Å². The first-order chi connectivity index (χ1) is 10.5. The maximum absolute atomic E-state index is 13.6. The average Bonchev–Trinajstić information content (AvgIpc) is 2.79. The zero-order valence-electron chi connectivity index (χ0n) is 13.4. The molecule has 7 heteroatoms. The molecular weight excluding hydrogens is 474 g/mol. The van der Waals surface area contributed by atoms with Crippen molar-refractivity contribution in [3.63, 3.8) is 0 Å². The summed E-state index contributed by atoms with van der Waals surface area (Å²) in [6, 6.07) is 8.82. The van der Waals surface area contributed by atoms with Gasteiger partial charge < -0.3 is 14.8 Å². The molecule has 126 valence electrons. The van der Waals surface area contributed by atoms with E-state index in [4.69, 9.17) is 0 Å². The van der Waals surface area contributed by atoms with Gasteiger partial charge >= 0.3 is 0 Å². The summed E-state index contributed by atoms with van der Waals surface area (Å²) in [7, 11) is 5.68. The first kappa shape index (κ1) is 20.0. The number of aryl methyl sites for hydroxylation is 1. The average molecular weight is 495 g/mol. The van der Waals surface area contributed by atoms with Crippen LogP contribution in [-0.2, 0) is 20.1 Å². The number of nitrogens with zero attached hydrogens (tertiary/aromatic N) is 3. The van der Waals surface area contributed by atoms with Crippen LogP contribution >= 0.6 is 39.9 Å². The second-order valence-corrected chi connectivity index (χ2v) is 6.02. The van der Waals surface area contributed by atoms with Crippen LogP contribution in [0.25, 0.3) is 0 Å². The zero-order chi connectivity index (χ0) is 16.1. The third kappa shape index (κ3) is 5.49. The number of hydrogen-bond acceptors (Lipinski definition) is 1. The molecule has 0 spiro atoms. The van der Waals surface area contributed by atoms with Gasteiger partial charge in [0.2, 0.25) is 0 Å². The van der Waals surface area contributed by atoms with Gasteiger partial charge in [0.1, 0.15) is 5.82 Å². The minimum absolute atomic E-state index is 0. The highest BCUT2D eigenvalue weighted by molar-refractivity contribution is 14.0. The molecule has 0 saturated heterocycles. The van der Waals surface area contributed by atoms with Crippen molar-refractivity contribution < 1.29 is 4.39 Å². The van der Waals surface area contributed by atoms with Gasteiger partial charge in [0, 0.05) is 49.6 Å². The van der Waals surface area contributed by atoms with Crippen molar-refractivity contribution in [2.45, 2.75) is 13.1 Å². The second-order valence-electron chi connectivity index (χ2n) is 5.11. The van der Waals surface area contributed by atoms with Crippen LogP contribution in [0.1, 0.15) is 11.3 Å². The Morgan fingerprint density at radius 3 is 2.65 bits per heavy atom. The van der Waals surface area contributed by atoms with Crippen LogP contribution in [0, 0.1) is 5.82 Å². The van der Waals surface area contributed by atoms with E-state index in [1.54, 1.807) is 19.2 Å². The standard InChI is InChI=1S/C16H20BrFN4.HI/c1-19-16(20-9-12-6-4-5-7-15(12)18)22(3)11-14-8-13(17)10-21(14)2;/h4-8,10H,9,11H2,1-3H3,(H,19,20);1H. The lowest BCUT2D eigenvalue weighted by Gasteiger charge is -2.22. The minimum Gasteiger partial charge on any atom is -0.352 e. The molecule has 2 aromatic rings. The Balaban J connectivity index is 0.00000264. The SMILES string of the molecule is CN=C(NCc1ccccc1F)N(C)Cc1cc(Br)cn1C.I. The summed E-state index contributed by atoms with van der Waals surface area (Å²) in [5.41, 5.74) is 1.78. The van der Waals surface area contributed by atoms with Gasteiger partial charge in [-0.1, -0.05) is 18.2 Å². The topological polar surface area (TPSA) is 32.6 Å². The molecule has 0 unspecified atom stereocenters. The molecule has 1 aromatic heterocycles. The van der Waals surface area contributed by atoms with Crippen molar-refractivity contribution in [1.82, 2.24) is 14.8 Å². The zero-order valence-corrected chi connectivity index (χ0v) is 17.3. The van der Waals surface area contributed by atoms with Gasteiger partial charge in [-0.3, -0.25) is 4.99 Å². The van der Waals surface area contributed by atoms with E-state index in [-0.39, 0.29) is 29.8 Å². The number of aromatic nitrogens is 1. The van der Waals surface area contributed by atoms with Crippen molar-refractivity contribution in [2.75, 3.05) is 14.1 Å². The van der Waals surface area contributed by atoms with E-state index in [0.29, 0.717) is 18.7 Å². The number of benzene rings is 1. The lowest BCUT2D eigenvalue weighted by atomic mass is 10.2. The predicted molar refractivity (Wildman–Crippen MR) is 107 cm³/mol. The molecule has 0 amide bonds. The van der Waals surface area contributed by atoms with Gasteiger partial charge in [0.15, 0.2) is 5.96 Å². The van der Waals surface area contributed by atoms with Gasteiger partial charge in [0.05, 0.1) is 6.54 Å². The Kier molecular flexibility index (Phi) is 8.04. The van der Waals surface area contributed by atoms with Gasteiger partial charge in [-0.25, -0.2) is 4.39 Å². The van der Waals surface area contributed by atoms with Crippen molar-refractivity contribution in [3.8, 4) is 0 Å². The number of rotatable bonds is 4. The van der Waals surface area contributed by atoms with Crippen LogP contribution in [0.4, 0.5) is 4.39 Å². The highest BCUT2D eigenvalue weighted by Gasteiger charge is 2.10. The fourth-order valence-electron chi connectivity index (χ4n) is 2.24. The van der Waals surface area contributed by atoms with Crippen molar-refractivity contribution in [1.29, 1.82) is 0 Å². The summed E-state index contributed by atoms with van der Waals surface area (Å²) in [5, 5.41) is 3.19. The molecular formula is C16H21BrFIN4. The summed E-state index contributed by atoms with van der Waals surface area (Å²) in [4.78, 5) is 6.26. The Morgan fingerprint density at radius 2 is 2.09 bits per heavy atom. The van der Waals surface area contributed by atoms with Crippen LogP contribution < -0.4 is 5.32 Å². The molecule has 1 aromatic carbocycles.